The predicted octanol–water partition coefficient (Wildman–Crippen LogP) is 5.24. The zero-order valence-electron chi connectivity index (χ0n) is 17.5. The van der Waals surface area contributed by atoms with Gasteiger partial charge in [0.05, 0.1) is 6.20 Å². The second kappa shape index (κ2) is 7.48. The van der Waals surface area contributed by atoms with Crippen LogP contribution in [0.1, 0.15) is 36.5 Å². The molecular formula is C24H24F2N4O. The molecule has 2 aliphatic rings. The van der Waals surface area contributed by atoms with Crippen LogP contribution in [0.3, 0.4) is 0 Å². The topological polar surface area (TPSA) is 50.2 Å². The van der Waals surface area contributed by atoms with E-state index < -0.39 is 6.43 Å². The monoisotopic (exact) mass is 422 g/mol. The Morgan fingerprint density at radius 2 is 2.06 bits per heavy atom. The number of amides is 1. The highest BCUT2D eigenvalue weighted by atomic mass is 19.3. The molecule has 3 heterocycles. The molecule has 1 aromatic heterocycles. The zero-order chi connectivity index (χ0) is 21.7. The summed E-state index contributed by atoms with van der Waals surface area (Å²) in [6.45, 7) is 2.66. The molecule has 2 aromatic carbocycles. The molecule has 5 rings (SSSR count). The fourth-order valence-electron chi connectivity index (χ4n) is 4.70. The first kappa shape index (κ1) is 19.7. The third-order valence-corrected chi connectivity index (χ3v) is 6.28. The second-order valence-electron chi connectivity index (χ2n) is 8.42. The summed E-state index contributed by atoms with van der Waals surface area (Å²) < 4.78 is 29.8. The largest absolute Gasteiger partial charge is 0.341 e. The highest BCUT2D eigenvalue weighted by Crippen LogP contribution is 2.44. The second-order valence-corrected chi connectivity index (χ2v) is 8.42. The summed E-state index contributed by atoms with van der Waals surface area (Å²) in [5.41, 5.74) is 6.01. The molecule has 1 N–H and O–H groups in total. The number of alkyl halides is 2. The molecule has 3 aromatic rings. The van der Waals surface area contributed by atoms with Gasteiger partial charge in [-0.15, -0.1) is 0 Å². The fourth-order valence-corrected chi connectivity index (χ4v) is 4.70. The number of anilines is 3. The van der Waals surface area contributed by atoms with Gasteiger partial charge in [-0.25, -0.2) is 8.78 Å². The Bertz CT molecular complexity index is 1170. The van der Waals surface area contributed by atoms with E-state index in [-0.39, 0.29) is 17.4 Å². The van der Waals surface area contributed by atoms with Crippen molar-refractivity contribution in [1.82, 2.24) is 9.78 Å². The van der Waals surface area contributed by atoms with Crippen LogP contribution >= 0.6 is 0 Å². The van der Waals surface area contributed by atoms with Crippen LogP contribution in [0.15, 0.2) is 42.7 Å². The molecule has 1 atom stereocenters. The highest BCUT2D eigenvalue weighted by Gasteiger charge is 2.29. The molecule has 0 saturated heterocycles. The van der Waals surface area contributed by atoms with E-state index in [1.54, 1.807) is 30.2 Å². The van der Waals surface area contributed by atoms with Crippen LogP contribution in [0.5, 0.6) is 0 Å². The van der Waals surface area contributed by atoms with Crippen molar-refractivity contribution in [1.29, 1.82) is 0 Å². The maximum Gasteiger partial charge on any atom is 0.264 e. The van der Waals surface area contributed by atoms with Gasteiger partial charge in [-0.05, 0) is 54.7 Å². The number of benzene rings is 2. The lowest BCUT2D eigenvalue weighted by Crippen LogP contribution is -2.31. The molecule has 160 valence electrons. The van der Waals surface area contributed by atoms with E-state index in [4.69, 9.17) is 0 Å². The SMILES string of the molecule is C[C@@H]1Cc2c(cccc2N2CCCc3cc(-c4cnn(C)c4)c(C(F)F)cc32)NC1=O. The van der Waals surface area contributed by atoms with Crippen LogP contribution in [0.2, 0.25) is 0 Å². The van der Waals surface area contributed by atoms with Crippen LogP contribution in [0.4, 0.5) is 25.8 Å². The van der Waals surface area contributed by atoms with Gasteiger partial charge in [-0.3, -0.25) is 9.48 Å². The molecule has 0 unspecified atom stereocenters. The van der Waals surface area contributed by atoms with Gasteiger partial charge in [0.2, 0.25) is 5.91 Å². The minimum Gasteiger partial charge on any atom is -0.341 e. The summed E-state index contributed by atoms with van der Waals surface area (Å²) in [6, 6.07) is 9.39. The quantitative estimate of drug-likeness (QED) is 0.628. The lowest BCUT2D eigenvalue weighted by Gasteiger charge is -2.36. The zero-order valence-corrected chi connectivity index (χ0v) is 17.5. The van der Waals surface area contributed by atoms with Crippen LogP contribution < -0.4 is 10.2 Å². The summed E-state index contributed by atoms with van der Waals surface area (Å²) in [4.78, 5) is 14.3. The van der Waals surface area contributed by atoms with E-state index in [1.807, 2.05) is 31.2 Å². The maximum absolute atomic E-state index is 14.1. The standard InChI is InChI=1S/C24H24F2N4O/c1-14-9-19-20(28-24(14)31)6-3-7-21(19)30-8-4-5-15-10-17(16-12-27-29(2)13-16)18(23(25)26)11-22(15)30/h3,6-7,10-14,23H,4-5,8-9H2,1-2H3,(H,28,31)/t14-/m1/s1. The van der Waals surface area contributed by atoms with E-state index >= 15 is 0 Å². The molecule has 1 amide bonds. The number of aryl methyl sites for hydroxylation is 2. The Balaban J connectivity index is 1.64. The summed E-state index contributed by atoms with van der Waals surface area (Å²) in [5, 5.41) is 7.14. The molecule has 0 aliphatic carbocycles. The first-order valence-electron chi connectivity index (χ1n) is 10.6. The maximum atomic E-state index is 14.1. The van der Waals surface area contributed by atoms with Crippen molar-refractivity contribution in [2.45, 2.75) is 32.6 Å². The molecular weight excluding hydrogens is 398 g/mol. The minimum absolute atomic E-state index is 0.0183. The minimum atomic E-state index is -2.59. The summed E-state index contributed by atoms with van der Waals surface area (Å²) >= 11 is 0. The van der Waals surface area contributed by atoms with E-state index in [9.17, 15) is 13.6 Å². The first-order valence-corrected chi connectivity index (χ1v) is 10.6. The van der Waals surface area contributed by atoms with E-state index in [2.05, 4.69) is 15.3 Å². The number of rotatable bonds is 3. The number of nitrogens with one attached hydrogen (secondary N) is 1. The van der Waals surface area contributed by atoms with Gasteiger partial charge < -0.3 is 10.2 Å². The third kappa shape index (κ3) is 3.38. The van der Waals surface area contributed by atoms with E-state index in [0.717, 1.165) is 47.6 Å². The van der Waals surface area contributed by atoms with Gasteiger partial charge >= 0.3 is 0 Å². The number of hydrogen-bond donors (Lipinski definition) is 1. The van der Waals surface area contributed by atoms with Gasteiger partial charge in [0.1, 0.15) is 0 Å². The average Bonchev–Trinajstić information content (AvgIpc) is 3.19. The Morgan fingerprint density at radius 3 is 2.81 bits per heavy atom. The van der Waals surface area contributed by atoms with Gasteiger partial charge in [0, 0.05) is 59.5 Å². The third-order valence-electron chi connectivity index (χ3n) is 6.28. The fraction of sp³-hybridized carbons (Fsp3) is 0.333. The average molecular weight is 422 g/mol. The molecule has 0 radical (unpaired) electrons. The number of hydrogen-bond acceptors (Lipinski definition) is 3. The van der Waals surface area contributed by atoms with E-state index in [1.165, 1.54) is 0 Å². The first-order chi connectivity index (χ1) is 14.9. The lowest BCUT2D eigenvalue weighted by molar-refractivity contribution is -0.119. The van der Waals surface area contributed by atoms with Gasteiger partial charge in [-0.2, -0.15) is 5.10 Å². The van der Waals surface area contributed by atoms with Crippen molar-refractivity contribution in [2.24, 2.45) is 13.0 Å². The van der Waals surface area contributed by atoms with Crippen LogP contribution in [0.25, 0.3) is 11.1 Å². The Labute approximate surface area is 179 Å². The molecule has 0 fully saturated rings. The number of nitrogens with zero attached hydrogens (tertiary/aromatic N) is 3. The number of fused-ring (bicyclic) bond motifs is 2. The smallest absolute Gasteiger partial charge is 0.264 e. The Kier molecular flexibility index (Phi) is 4.76. The lowest BCUT2D eigenvalue weighted by atomic mass is 9.90. The molecule has 0 spiro atoms. The van der Waals surface area contributed by atoms with Crippen molar-refractivity contribution in [3.05, 3.63) is 59.4 Å². The van der Waals surface area contributed by atoms with Crippen LogP contribution in [-0.2, 0) is 24.7 Å². The summed E-state index contributed by atoms with van der Waals surface area (Å²) in [7, 11) is 1.78. The van der Waals surface area contributed by atoms with E-state index in [0.29, 0.717) is 17.5 Å². The summed E-state index contributed by atoms with van der Waals surface area (Å²) in [6.07, 6.45) is 3.22. The van der Waals surface area contributed by atoms with Gasteiger partial charge in [-0.1, -0.05) is 13.0 Å². The van der Waals surface area contributed by atoms with Crippen molar-refractivity contribution < 1.29 is 13.6 Å². The van der Waals surface area contributed by atoms with Crippen LogP contribution in [0, 0.1) is 5.92 Å². The number of halogens is 2. The van der Waals surface area contributed by atoms with Gasteiger partial charge in [0.15, 0.2) is 0 Å². The molecule has 0 bridgehead atoms. The normalized spacial score (nSPS) is 18.0. The van der Waals surface area contributed by atoms with Crippen LogP contribution in [-0.4, -0.2) is 22.2 Å². The molecule has 31 heavy (non-hydrogen) atoms. The number of carbonyl (C=O) groups is 1. The van der Waals surface area contributed by atoms with Gasteiger partial charge in [0.25, 0.3) is 6.43 Å². The molecule has 5 nitrogen and oxygen atoms in total. The summed E-state index contributed by atoms with van der Waals surface area (Å²) in [5.74, 6) is -0.104. The molecule has 0 saturated carbocycles. The predicted molar refractivity (Wildman–Crippen MR) is 117 cm³/mol. The van der Waals surface area contributed by atoms with Crippen molar-refractivity contribution >= 4 is 23.0 Å². The van der Waals surface area contributed by atoms with Crippen molar-refractivity contribution in [3.8, 4) is 11.1 Å². The highest BCUT2D eigenvalue weighted by molar-refractivity contribution is 5.97. The molecule has 2 aliphatic heterocycles. The molecule has 7 heteroatoms. The number of carbonyl (C=O) groups excluding carboxylic acids is 1. The van der Waals surface area contributed by atoms with Crippen molar-refractivity contribution in [3.63, 3.8) is 0 Å². The number of aromatic nitrogens is 2. The van der Waals surface area contributed by atoms with Crippen molar-refractivity contribution in [2.75, 3.05) is 16.8 Å². The Hall–Kier alpha value is -3.22. The Morgan fingerprint density at radius 1 is 1.23 bits per heavy atom.